The third kappa shape index (κ3) is 5.39. The van der Waals surface area contributed by atoms with Gasteiger partial charge < -0.3 is 0 Å². The Labute approximate surface area is 269 Å². The van der Waals surface area contributed by atoms with Gasteiger partial charge in [-0.1, -0.05) is 101 Å². The normalized spacial score (nSPS) is 11.2. The standard InChI is InChI=1S/C40H25BrN4/c41-34-22-32(35-9-3-11-37-36(35)10-5-19-43-37)21-33(23-34)39-24-38(28-15-12-27(13-16-28)31-8-4-18-42-25-31)44-40(45-39)30-17-14-26-6-1-2-7-29(26)20-30/h1-25H. The van der Waals surface area contributed by atoms with Crippen molar-refractivity contribution in [3.8, 4) is 56.2 Å². The highest BCUT2D eigenvalue weighted by atomic mass is 79.9. The van der Waals surface area contributed by atoms with E-state index in [2.05, 4.69) is 141 Å². The van der Waals surface area contributed by atoms with E-state index in [1.54, 1.807) is 6.20 Å². The van der Waals surface area contributed by atoms with Crippen LogP contribution in [0.2, 0.25) is 0 Å². The Balaban J connectivity index is 1.29. The third-order valence-electron chi connectivity index (χ3n) is 8.06. The van der Waals surface area contributed by atoms with Crippen molar-refractivity contribution in [1.29, 1.82) is 0 Å². The molecule has 0 amide bonds. The van der Waals surface area contributed by atoms with E-state index in [9.17, 15) is 0 Å². The Bertz CT molecular complexity index is 2330. The Morgan fingerprint density at radius 2 is 1.22 bits per heavy atom. The maximum absolute atomic E-state index is 5.16. The molecule has 0 atom stereocenters. The molecule has 0 unspecified atom stereocenters. The molecule has 0 spiro atoms. The van der Waals surface area contributed by atoms with Crippen LogP contribution < -0.4 is 0 Å². The topological polar surface area (TPSA) is 51.6 Å². The molecule has 5 aromatic carbocycles. The van der Waals surface area contributed by atoms with Crippen LogP contribution in [0.15, 0.2) is 157 Å². The summed E-state index contributed by atoms with van der Waals surface area (Å²) in [5.41, 5.74) is 10.1. The minimum Gasteiger partial charge on any atom is -0.264 e. The fraction of sp³-hybridized carbons (Fsp3) is 0. The van der Waals surface area contributed by atoms with Gasteiger partial charge in [-0.15, -0.1) is 0 Å². The van der Waals surface area contributed by atoms with Crippen molar-refractivity contribution in [3.63, 3.8) is 0 Å². The maximum Gasteiger partial charge on any atom is 0.160 e. The molecule has 4 nitrogen and oxygen atoms in total. The van der Waals surface area contributed by atoms with E-state index in [4.69, 9.17) is 9.97 Å². The highest BCUT2D eigenvalue weighted by Gasteiger charge is 2.14. The molecule has 0 saturated carbocycles. The van der Waals surface area contributed by atoms with Crippen LogP contribution in [-0.2, 0) is 0 Å². The number of pyridine rings is 2. The molecular formula is C40H25BrN4. The van der Waals surface area contributed by atoms with Crippen LogP contribution >= 0.6 is 15.9 Å². The summed E-state index contributed by atoms with van der Waals surface area (Å²) in [7, 11) is 0. The first-order valence-corrected chi connectivity index (χ1v) is 15.5. The highest BCUT2D eigenvalue weighted by Crippen LogP contribution is 2.36. The predicted octanol–water partition coefficient (Wildman–Crippen LogP) is 10.7. The monoisotopic (exact) mass is 640 g/mol. The first kappa shape index (κ1) is 27.1. The second-order valence-electron chi connectivity index (χ2n) is 10.9. The van der Waals surface area contributed by atoms with Gasteiger partial charge in [0.05, 0.1) is 16.9 Å². The first-order chi connectivity index (χ1) is 22.2. The van der Waals surface area contributed by atoms with Gasteiger partial charge in [0.1, 0.15) is 0 Å². The lowest BCUT2D eigenvalue weighted by atomic mass is 9.97. The maximum atomic E-state index is 5.16. The van der Waals surface area contributed by atoms with Crippen molar-refractivity contribution < 1.29 is 0 Å². The summed E-state index contributed by atoms with van der Waals surface area (Å²) in [5, 5.41) is 3.45. The number of benzene rings is 5. The Morgan fingerprint density at radius 3 is 2.07 bits per heavy atom. The molecule has 0 saturated heterocycles. The van der Waals surface area contributed by atoms with E-state index in [0.717, 1.165) is 71.1 Å². The van der Waals surface area contributed by atoms with Gasteiger partial charge in [-0.25, -0.2) is 9.97 Å². The quantitative estimate of drug-likeness (QED) is 0.188. The van der Waals surface area contributed by atoms with Crippen LogP contribution in [0.5, 0.6) is 0 Å². The molecule has 0 N–H and O–H groups in total. The molecule has 0 aliphatic rings. The van der Waals surface area contributed by atoms with Crippen LogP contribution in [-0.4, -0.2) is 19.9 Å². The largest absolute Gasteiger partial charge is 0.264 e. The van der Waals surface area contributed by atoms with Crippen molar-refractivity contribution in [2.75, 3.05) is 0 Å². The molecule has 0 aliphatic carbocycles. The fourth-order valence-corrected chi connectivity index (χ4v) is 6.31. The highest BCUT2D eigenvalue weighted by molar-refractivity contribution is 9.10. The number of fused-ring (bicyclic) bond motifs is 2. The summed E-state index contributed by atoms with van der Waals surface area (Å²) in [6, 6.07) is 46.2. The average molecular weight is 642 g/mol. The number of hydrogen-bond acceptors (Lipinski definition) is 4. The summed E-state index contributed by atoms with van der Waals surface area (Å²) in [4.78, 5) is 19.1. The van der Waals surface area contributed by atoms with Gasteiger partial charge in [-0.05, 0) is 81.6 Å². The minimum atomic E-state index is 0.681. The number of halogens is 1. The van der Waals surface area contributed by atoms with Crippen molar-refractivity contribution in [3.05, 3.63) is 157 Å². The predicted molar refractivity (Wildman–Crippen MR) is 188 cm³/mol. The van der Waals surface area contributed by atoms with Gasteiger partial charge in [-0.2, -0.15) is 0 Å². The molecule has 45 heavy (non-hydrogen) atoms. The summed E-state index contributed by atoms with van der Waals surface area (Å²) in [6.45, 7) is 0. The average Bonchev–Trinajstić information content (AvgIpc) is 3.11. The molecule has 0 bridgehead atoms. The second kappa shape index (κ2) is 11.5. The first-order valence-electron chi connectivity index (χ1n) is 14.7. The SMILES string of the molecule is Brc1cc(-c2cc(-c3ccc(-c4cccnc4)cc3)nc(-c3ccc4ccccc4c3)n2)cc(-c2cccc3ncccc23)c1. The van der Waals surface area contributed by atoms with Crippen molar-refractivity contribution >= 4 is 37.6 Å². The van der Waals surface area contributed by atoms with E-state index in [0.29, 0.717) is 5.82 Å². The number of hydrogen-bond donors (Lipinski definition) is 0. The van der Waals surface area contributed by atoms with E-state index < -0.39 is 0 Å². The van der Waals surface area contributed by atoms with E-state index in [1.165, 1.54) is 5.39 Å². The Hall–Kier alpha value is -5.52. The molecular weight excluding hydrogens is 616 g/mol. The van der Waals surface area contributed by atoms with Crippen molar-refractivity contribution in [2.45, 2.75) is 0 Å². The van der Waals surface area contributed by atoms with E-state index in [-0.39, 0.29) is 0 Å². The molecule has 8 aromatic rings. The summed E-state index contributed by atoms with van der Waals surface area (Å²) >= 11 is 3.79. The lowest BCUT2D eigenvalue weighted by Gasteiger charge is -2.13. The van der Waals surface area contributed by atoms with Crippen LogP contribution in [0, 0.1) is 0 Å². The van der Waals surface area contributed by atoms with Crippen LogP contribution in [0.3, 0.4) is 0 Å². The van der Waals surface area contributed by atoms with Gasteiger partial charge in [0, 0.05) is 45.1 Å². The Kier molecular flexibility index (Phi) is 6.93. The molecule has 3 heterocycles. The lowest BCUT2D eigenvalue weighted by Crippen LogP contribution is -1.96. The van der Waals surface area contributed by atoms with Crippen LogP contribution in [0.4, 0.5) is 0 Å². The smallest absolute Gasteiger partial charge is 0.160 e. The van der Waals surface area contributed by atoms with Gasteiger partial charge in [0.25, 0.3) is 0 Å². The number of aromatic nitrogens is 4. The molecule has 0 aliphatic heterocycles. The Morgan fingerprint density at radius 1 is 0.467 bits per heavy atom. The van der Waals surface area contributed by atoms with Gasteiger partial charge in [0.15, 0.2) is 5.82 Å². The zero-order chi connectivity index (χ0) is 30.2. The molecule has 5 heteroatoms. The second-order valence-corrected chi connectivity index (χ2v) is 11.9. The zero-order valence-electron chi connectivity index (χ0n) is 24.1. The fourth-order valence-electron chi connectivity index (χ4n) is 5.82. The van der Waals surface area contributed by atoms with Crippen molar-refractivity contribution in [1.82, 2.24) is 19.9 Å². The van der Waals surface area contributed by atoms with E-state index in [1.807, 2.05) is 30.6 Å². The summed E-state index contributed by atoms with van der Waals surface area (Å²) in [6.07, 6.45) is 5.50. The molecule has 0 radical (unpaired) electrons. The van der Waals surface area contributed by atoms with E-state index >= 15 is 0 Å². The zero-order valence-corrected chi connectivity index (χ0v) is 25.7. The molecule has 0 fully saturated rings. The van der Waals surface area contributed by atoms with Crippen LogP contribution in [0.25, 0.3) is 77.8 Å². The van der Waals surface area contributed by atoms with Crippen molar-refractivity contribution in [2.24, 2.45) is 0 Å². The number of rotatable bonds is 5. The molecule has 3 aromatic heterocycles. The minimum absolute atomic E-state index is 0.681. The van der Waals surface area contributed by atoms with Gasteiger partial charge >= 0.3 is 0 Å². The lowest BCUT2D eigenvalue weighted by molar-refractivity contribution is 1.18. The van der Waals surface area contributed by atoms with Gasteiger partial charge in [0.2, 0.25) is 0 Å². The summed E-state index contributed by atoms with van der Waals surface area (Å²) in [5.74, 6) is 0.681. The molecule has 212 valence electrons. The van der Waals surface area contributed by atoms with Gasteiger partial charge in [-0.3, -0.25) is 9.97 Å². The number of nitrogens with zero attached hydrogens (tertiary/aromatic N) is 4. The summed E-state index contributed by atoms with van der Waals surface area (Å²) < 4.78 is 0.976. The van der Waals surface area contributed by atoms with Crippen LogP contribution in [0.1, 0.15) is 0 Å². The third-order valence-corrected chi connectivity index (χ3v) is 8.52. The molecule has 8 rings (SSSR count).